The third kappa shape index (κ3) is 6.49. The Bertz CT molecular complexity index is 1150. The average Bonchev–Trinajstić information content (AvgIpc) is 2.95. The van der Waals surface area contributed by atoms with Gasteiger partial charge in [-0.3, -0.25) is 9.59 Å². The first-order valence-corrected chi connectivity index (χ1v) is 14.3. The molecule has 2 fully saturated rings. The molecule has 10 nitrogen and oxygen atoms in total. The molecule has 1 aromatic rings. The fourth-order valence-electron chi connectivity index (χ4n) is 6.02. The molecule has 41 heavy (non-hydrogen) atoms. The number of aromatic hydroxyl groups is 2. The molecule has 0 amide bonds. The number of methoxy groups -OCH3 is 1. The highest BCUT2D eigenvalue weighted by Gasteiger charge is 2.49. The van der Waals surface area contributed by atoms with Crippen LogP contribution in [-0.2, 0) is 25.4 Å². The van der Waals surface area contributed by atoms with E-state index in [1.165, 1.54) is 14.0 Å². The fourth-order valence-corrected chi connectivity index (χ4v) is 6.24. The van der Waals surface area contributed by atoms with Gasteiger partial charge in [0.15, 0.2) is 12.6 Å². The smallest absolute Gasteiger partial charge is 0.187 e. The third-order valence-electron chi connectivity index (χ3n) is 9.46. The van der Waals surface area contributed by atoms with E-state index in [0.717, 1.165) is 6.42 Å². The van der Waals surface area contributed by atoms with Crippen LogP contribution < -0.4 is 0 Å². The molecular weight excluding hydrogens is 556 g/mol. The van der Waals surface area contributed by atoms with E-state index in [4.69, 9.17) is 25.8 Å². The minimum atomic E-state index is -1.49. The Balaban J connectivity index is 2.00. The van der Waals surface area contributed by atoms with E-state index in [1.54, 1.807) is 13.0 Å². The van der Waals surface area contributed by atoms with Crippen molar-refractivity contribution >= 4 is 23.7 Å². The minimum absolute atomic E-state index is 0.00727. The van der Waals surface area contributed by atoms with Crippen LogP contribution in [0.4, 0.5) is 0 Å². The van der Waals surface area contributed by atoms with Crippen LogP contribution in [0, 0.1) is 24.2 Å². The zero-order valence-electron chi connectivity index (χ0n) is 24.5. The Morgan fingerprint density at radius 2 is 1.88 bits per heavy atom. The molecule has 1 aromatic carbocycles. The van der Waals surface area contributed by atoms with Crippen LogP contribution in [0.2, 0.25) is 5.02 Å². The van der Waals surface area contributed by atoms with Gasteiger partial charge in [0.2, 0.25) is 0 Å². The Hall–Kier alpha value is -2.05. The largest absolute Gasteiger partial charge is 0.507 e. The molecule has 3 rings (SSSR count). The van der Waals surface area contributed by atoms with Crippen LogP contribution in [0.3, 0.4) is 0 Å². The zero-order chi connectivity index (χ0) is 30.8. The molecule has 1 aliphatic carbocycles. The van der Waals surface area contributed by atoms with Gasteiger partial charge in [0.05, 0.1) is 23.3 Å². The average molecular weight is 599 g/mol. The number of halogens is 1. The summed E-state index contributed by atoms with van der Waals surface area (Å²) in [5.74, 6) is -0.664. The fraction of sp³-hybridized carbons (Fsp3) is 0.667. The lowest BCUT2D eigenvalue weighted by atomic mass is 9.59. The number of phenolic OH excluding ortho intramolecular Hbond substituents is 2. The summed E-state index contributed by atoms with van der Waals surface area (Å²) in [5, 5.41) is 52.6. The van der Waals surface area contributed by atoms with Crippen molar-refractivity contribution in [1.82, 2.24) is 0 Å². The van der Waals surface area contributed by atoms with E-state index in [9.17, 15) is 35.1 Å². The quantitative estimate of drug-likeness (QED) is 0.199. The maximum atomic E-state index is 12.8. The molecule has 5 N–H and O–H groups in total. The SMILES string of the molecule is CO[C@H]1[C@H](O)[C@@H](O)[C@H](OC(C[C@@]2(C)[C@H](C)CCC(=O)[C@@H]2C)/C(C)=C/Cc2c(O)c(Cl)c(C)c(C=O)c2O)O[C@@H]1CO. The Morgan fingerprint density at radius 1 is 1.22 bits per heavy atom. The minimum Gasteiger partial charge on any atom is -0.507 e. The number of hydrogen-bond acceptors (Lipinski definition) is 10. The molecule has 0 bridgehead atoms. The van der Waals surface area contributed by atoms with Gasteiger partial charge >= 0.3 is 0 Å². The number of aliphatic hydroxyl groups is 3. The summed E-state index contributed by atoms with van der Waals surface area (Å²) in [5.41, 5.74) is 0.449. The van der Waals surface area contributed by atoms with Crippen molar-refractivity contribution in [3.63, 3.8) is 0 Å². The van der Waals surface area contributed by atoms with Gasteiger partial charge in [-0.15, -0.1) is 0 Å². The number of Topliss-reactive ketones (excluding diaryl/α,β-unsaturated/α-hetero) is 1. The number of hydrogen-bond donors (Lipinski definition) is 5. The van der Waals surface area contributed by atoms with E-state index in [1.807, 2.05) is 13.8 Å². The lowest BCUT2D eigenvalue weighted by Crippen LogP contribution is -2.60. The van der Waals surface area contributed by atoms with Crippen molar-refractivity contribution < 1.29 is 49.3 Å². The van der Waals surface area contributed by atoms with E-state index in [0.29, 0.717) is 24.7 Å². The molecule has 0 spiro atoms. The van der Waals surface area contributed by atoms with Crippen molar-refractivity contribution in [2.45, 2.75) is 97.1 Å². The number of rotatable bonds is 10. The topological polar surface area (TPSA) is 163 Å². The molecule has 11 heteroatoms. The maximum absolute atomic E-state index is 12.8. The molecule has 2 aliphatic rings. The second-order valence-corrected chi connectivity index (χ2v) is 12.0. The highest BCUT2D eigenvalue weighted by Crippen LogP contribution is 2.48. The third-order valence-corrected chi connectivity index (χ3v) is 9.92. The van der Waals surface area contributed by atoms with Crippen LogP contribution in [0.15, 0.2) is 11.6 Å². The van der Waals surface area contributed by atoms with E-state index < -0.39 is 48.8 Å². The Kier molecular flexibility index (Phi) is 11.0. The number of carbonyl (C=O) groups excluding carboxylic acids is 2. The Labute approximate surface area is 245 Å². The van der Waals surface area contributed by atoms with Crippen LogP contribution >= 0.6 is 11.6 Å². The molecule has 0 aromatic heterocycles. The predicted molar refractivity (Wildman–Crippen MR) is 151 cm³/mol. The van der Waals surface area contributed by atoms with Crippen LogP contribution in [-0.4, -0.2) is 88.1 Å². The second kappa shape index (κ2) is 13.5. The van der Waals surface area contributed by atoms with Crippen LogP contribution in [0.25, 0.3) is 0 Å². The van der Waals surface area contributed by atoms with E-state index in [-0.39, 0.29) is 57.3 Å². The van der Waals surface area contributed by atoms with Gasteiger partial charge < -0.3 is 39.7 Å². The first-order chi connectivity index (χ1) is 19.2. The predicted octanol–water partition coefficient (Wildman–Crippen LogP) is 3.23. The van der Waals surface area contributed by atoms with Crippen molar-refractivity contribution in [1.29, 1.82) is 0 Å². The van der Waals surface area contributed by atoms with Crippen molar-refractivity contribution in [3.8, 4) is 11.5 Å². The molecule has 1 unspecified atom stereocenters. The summed E-state index contributed by atoms with van der Waals surface area (Å²) in [4.78, 5) is 24.3. The number of aldehydes is 1. The Morgan fingerprint density at radius 3 is 2.46 bits per heavy atom. The van der Waals surface area contributed by atoms with E-state index >= 15 is 0 Å². The van der Waals surface area contributed by atoms with Crippen molar-refractivity contribution in [2.75, 3.05) is 13.7 Å². The molecule has 1 saturated heterocycles. The zero-order valence-corrected chi connectivity index (χ0v) is 25.2. The lowest BCUT2D eigenvalue weighted by Gasteiger charge is -2.47. The number of carbonyl (C=O) groups is 2. The molecule has 1 aliphatic heterocycles. The maximum Gasteiger partial charge on any atom is 0.187 e. The number of ketones is 1. The summed E-state index contributed by atoms with van der Waals surface area (Å²) >= 11 is 6.22. The summed E-state index contributed by atoms with van der Waals surface area (Å²) in [6.45, 7) is 8.83. The number of aliphatic hydroxyl groups excluding tert-OH is 3. The summed E-state index contributed by atoms with van der Waals surface area (Å²) in [6.07, 6.45) is -3.13. The monoisotopic (exact) mass is 598 g/mol. The molecular formula is C30H43ClO10. The normalized spacial score (nSPS) is 33.6. The second-order valence-electron chi connectivity index (χ2n) is 11.7. The summed E-state index contributed by atoms with van der Waals surface area (Å²) < 4.78 is 17.4. The van der Waals surface area contributed by atoms with Gasteiger partial charge in [-0.05, 0) is 55.6 Å². The van der Waals surface area contributed by atoms with Crippen molar-refractivity contribution in [2.24, 2.45) is 17.3 Å². The van der Waals surface area contributed by atoms with Crippen molar-refractivity contribution in [3.05, 3.63) is 33.4 Å². The van der Waals surface area contributed by atoms with Gasteiger partial charge in [-0.25, -0.2) is 0 Å². The van der Waals surface area contributed by atoms with Gasteiger partial charge in [-0.1, -0.05) is 38.4 Å². The standard InChI is InChI=1S/C30H43ClO10/c1-14(7-9-18-24(35)19(12-32)16(3)23(31)25(18)36)21(11-30(5)15(2)8-10-20(34)17(30)4)40-29-27(38)26(37)28(39-6)22(13-33)41-29/h7,12,15,17,21-22,26-29,33,35-38H,8-11,13H2,1-6H3/b14-7+/t15-,17+,21?,22-,26-,27-,28-,29-,30+/m1/s1. The number of allylic oxidation sites excluding steroid dienone is 1. The number of phenols is 2. The molecule has 9 atom stereocenters. The molecule has 1 heterocycles. The molecule has 230 valence electrons. The van der Waals surface area contributed by atoms with Gasteiger partial charge in [0.25, 0.3) is 0 Å². The first kappa shape index (κ1) is 33.5. The van der Waals surface area contributed by atoms with Gasteiger partial charge in [0, 0.05) is 25.0 Å². The lowest BCUT2D eigenvalue weighted by molar-refractivity contribution is -0.313. The number of benzene rings is 1. The summed E-state index contributed by atoms with van der Waals surface area (Å²) in [6, 6.07) is 0. The van der Waals surface area contributed by atoms with Gasteiger partial charge in [0.1, 0.15) is 41.7 Å². The van der Waals surface area contributed by atoms with Gasteiger partial charge in [-0.2, -0.15) is 0 Å². The first-order valence-electron chi connectivity index (χ1n) is 13.9. The van der Waals surface area contributed by atoms with E-state index in [2.05, 4.69) is 6.92 Å². The summed E-state index contributed by atoms with van der Waals surface area (Å²) in [7, 11) is 1.34. The molecule has 0 radical (unpaired) electrons. The highest BCUT2D eigenvalue weighted by atomic mass is 35.5. The molecule has 1 saturated carbocycles. The highest BCUT2D eigenvalue weighted by molar-refractivity contribution is 6.33. The van der Waals surface area contributed by atoms with Crippen LogP contribution in [0.1, 0.15) is 68.4 Å². The van der Waals surface area contributed by atoms with Crippen LogP contribution in [0.5, 0.6) is 11.5 Å². The number of ether oxygens (including phenoxy) is 3.